The van der Waals surface area contributed by atoms with E-state index in [1.165, 1.54) is 12.5 Å². The van der Waals surface area contributed by atoms with Crippen molar-refractivity contribution >= 4 is 17.3 Å². The average molecular weight is 298 g/mol. The van der Waals surface area contributed by atoms with Gasteiger partial charge in [0.2, 0.25) is 0 Å². The van der Waals surface area contributed by atoms with Crippen LogP contribution in [0.4, 0.5) is 5.69 Å². The van der Waals surface area contributed by atoms with Crippen molar-refractivity contribution in [3.63, 3.8) is 0 Å². The van der Waals surface area contributed by atoms with Crippen LogP contribution in [0.5, 0.6) is 0 Å². The van der Waals surface area contributed by atoms with Crippen LogP contribution < -0.4 is 5.32 Å². The van der Waals surface area contributed by atoms with Gasteiger partial charge in [-0.2, -0.15) is 0 Å². The number of nitrogens with zero attached hydrogens (tertiary/aromatic N) is 2. The number of nitro groups is 1. The normalized spacial score (nSPS) is 20.0. The summed E-state index contributed by atoms with van der Waals surface area (Å²) in [5, 5.41) is 14.8. The van der Waals surface area contributed by atoms with Crippen LogP contribution in [0.15, 0.2) is 18.2 Å². The van der Waals surface area contributed by atoms with Gasteiger partial charge in [-0.3, -0.25) is 15.0 Å². The molecule has 0 bridgehead atoms. The Morgan fingerprint density at radius 2 is 2.30 bits per heavy atom. The van der Waals surface area contributed by atoms with Crippen molar-refractivity contribution in [2.75, 3.05) is 20.1 Å². The third kappa shape index (κ3) is 3.48. The summed E-state index contributed by atoms with van der Waals surface area (Å²) in [6, 6.07) is 5.30. The van der Waals surface area contributed by atoms with Gasteiger partial charge >= 0.3 is 0 Å². The summed E-state index contributed by atoms with van der Waals surface area (Å²) in [6.45, 7) is 2.41. The molecule has 1 aliphatic heterocycles. The number of halogens is 1. The maximum Gasteiger partial charge on any atom is 0.275 e. The third-order valence-corrected chi connectivity index (χ3v) is 4.19. The fraction of sp³-hybridized carbons (Fsp3) is 0.571. The van der Waals surface area contributed by atoms with Crippen molar-refractivity contribution in [3.05, 3.63) is 38.9 Å². The Morgan fingerprint density at radius 3 is 3.00 bits per heavy atom. The van der Waals surface area contributed by atoms with Crippen molar-refractivity contribution in [3.8, 4) is 0 Å². The summed E-state index contributed by atoms with van der Waals surface area (Å²) in [5.41, 5.74) is 0.744. The Bertz CT molecular complexity index is 479. The minimum Gasteiger partial charge on any atom is -0.318 e. The summed E-state index contributed by atoms with van der Waals surface area (Å²) in [5.74, 6) is 0. The number of nitro benzene ring substituents is 1. The number of hydrogen-bond donors (Lipinski definition) is 1. The van der Waals surface area contributed by atoms with Crippen LogP contribution in [0.3, 0.4) is 0 Å². The first kappa shape index (κ1) is 15.2. The molecule has 1 aromatic rings. The molecule has 1 aliphatic rings. The van der Waals surface area contributed by atoms with Crippen LogP contribution in [0.25, 0.3) is 0 Å². The highest BCUT2D eigenvalue weighted by Gasteiger charge is 2.25. The molecule has 0 aromatic heterocycles. The quantitative estimate of drug-likeness (QED) is 0.671. The third-order valence-electron chi connectivity index (χ3n) is 3.84. The van der Waals surface area contributed by atoms with Crippen molar-refractivity contribution in [2.24, 2.45) is 0 Å². The number of hydrogen-bond acceptors (Lipinski definition) is 4. The molecule has 0 saturated carbocycles. The second kappa shape index (κ2) is 7.02. The highest BCUT2D eigenvalue weighted by molar-refractivity contribution is 6.31. The predicted octanol–water partition coefficient (Wildman–Crippen LogP) is 2.82. The Kier molecular flexibility index (Phi) is 5.34. The van der Waals surface area contributed by atoms with E-state index in [1.54, 1.807) is 12.1 Å². The molecule has 1 N–H and O–H groups in total. The van der Waals surface area contributed by atoms with Gasteiger partial charge in [-0.25, -0.2) is 0 Å². The fourth-order valence-electron chi connectivity index (χ4n) is 2.81. The molecule has 110 valence electrons. The molecule has 0 aliphatic carbocycles. The van der Waals surface area contributed by atoms with Crippen LogP contribution in [0, 0.1) is 10.1 Å². The second-order valence-electron chi connectivity index (χ2n) is 5.17. The molecule has 1 aromatic carbocycles. The molecule has 0 radical (unpaired) electrons. The zero-order chi connectivity index (χ0) is 14.5. The van der Waals surface area contributed by atoms with Gasteiger partial charge in [-0.15, -0.1) is 0 Å². The SMILES string of the molecule is CNCC1CCCCN1Cc1c(Cl)cccc1[N+](=O)[O-]. The maximum atomic E-state index is 11.1. The number of nitrogens with one attached hydrogen (secondary N) is 1. The Labute approximate surface area is 124 Å². The molecule has 1 fully saturated rings. The van der Waals surface area contributed by atoms with Gasteiger partial charge < -0.3 is 5.32 Å². The van der Waals surface area contributed by atoms with E-state index in [-0.39, 0.29) is 10.6 Å². The fourth-order valence-corrected chi connectivity index (χ4v) is 3.04. The summed E-state index contributed by atoms with van der Waals surface area (Å²) in [6.07, 6.45) is 3.48. The molecular formula is C14H20ClN3O2. The van der Waals surface area contributed by atoms with E-state index in [9.17, 15) is 10.1 Å². The Morgan fingerprint density at radius 1 is 1.50 bits per heavy atom. The van der Waals surface area contributed by atoms with Crippen LogP contribution in [-0.4, -0.2) is 36.0 Å². The summed E-state index contributed by atoms with van der Waals surface area (Å²) in [4.78, 5) is 13.1. The highest BCUT2D eigenvalue weighted by atomic mass is 35.5. The average Bonchev–Trinajstić information content (AvgIpc) is 2.43. The van der Waals surface area contributed by atoms with Gasteiger partial charge in [0.1, 0.15) is 0 Å². The molecule has 20 heavy (non-hydrogen) atoms. The molecule has 0 spiro atoms. The van der Waals surface area contributed by atoms with E-state index in [0.29, 0.717) is 23.2 Å². The van der Waals surface area contributed by atoms with Gasteiger partial charge in [0.05, 0.1) is 15.5 Å². The lowest BCUT2D eigenvalue weighted by Gasteiger charge is -2.35. The number of rotatable bonds is 5. The highest BCUT2D eigenvalue weighted by Crippen LogP contribution is 2.29. The Hall–Kier alpha value is -1.17. The van der Waals surface area contributed by atoms with Crippen molar-refractivity contribution in [1.82, 2.24) is 10.2 Å². The summed E-state index contributed by atoms with van der Waals surface area (Å²) in [7, 11) is 1.94. The Balaban J connectivity index is 2.21. The van der Waals surface area contributed by atoms with Crippen molar-refractivity contribution in [1.29, 1.82) is 0 Å². The molecule has 1 saturated heterocycles. The lowest BCUT2D eigenvalue weighted by atomic mass is 10.0. The van der Waals surface area contributed by atoms with E-state index in [2.05, 4.69) is 10.2 Å². The number of benzene rings is 1. The maximum absolute atomic E-state index is 11.1. The van der Waals surface area contributed by atoms with Crippen LogP contribution in [0.2, 0.25) is 5.02 Å². The van der Waals surface area contributed by atoms with E-state index < -0.39 is 0 Å². The van der Waals surface area contributed by atoms with E-state index >= 15 is 0 Å². The first-order chi connectivity index (χ1) is 9.63. The number of piperidine rings is 1. The topological polar surface area (TPSA) is 58.4 Å². The van der Waals surface area contributed by atoms with Gasteiger partial charge in [-0.05, 0) is 32.5 Å². The first-order valence-corrected chi connectivity index (χ1v) is 7.31. The first-order valence-electron chi connectivity index (χ1n) is 6.94. The number of likely N-dealkylation sites (N-methyl/N-ethyl adjacent to an activating group) is 1. The second-order valence-corrected chi connectivity index (χ2v) is 5.58. The van der Waals surface area contributed by atoms with Crippen molar-refractivity contribution < 1.29 is 4.92 Å². The van der Waals surface area contributed by atoms with Gasteiger partial charge in [0.15, 0.2) is 0 Å². The lowest BCUT2D eigenvalue weighted by molar-refractivity contribution is -0.385. The van der Waals surface area contributed by atoms with Gasteiger partial charge in [0.25, 0.3) is 5.69 Å². The summed E-state index contributed by atoms with van der Waals surface area (Å²) >= 11 is 6.17. The van der Waals surface area contributed by atoms with Crippen LogP contribution in [-0.2, 0) is 6.54 Å². The monoisotopic (exact) mass is 297 g/mol. The predicted molar refractivity (Wildman–Crippen MR) is 80.1 cm³/mol. The standard InChI is InChI=1S/C14H20ClN3O2/c1-16-9-11-5-2-3-8-17(11)10-12-13(15)6-4-7-14(12)18(19)20/h4,6-7,11,16H,2-3,5,8-10H2,1H3. The zero-order valence-electron chi connectivity index (χ0n) is 11.6. The minimum absolute atomic E-state index is 0.117. The van der Waals surface area contributed by atoms with E-state index in [4.69, 9.17) is 11.6 Å². The smallest absolute Gasteiger partial charge is 0.275 e. The molecule has 1 heterocycles. The molecular weight excluding hydrogens is 278 g/mol. The largest absolute Gasteiger partial charge is 0.318 e. The van der Waals surface area contributed by atoms with E-state index in [0.717, 1.165) is 25.9 Å². The molecule has 1 atom stereocenters. The van der Waals surface area contributed by atoms with Gasteiger partial charge in [-0.1, -0.05) is 24.1 Å². The molecule has 5 nitrogen and oxygen atoms in total. The van der Waals surface area contributed by atoms with E-state index in [1.807, 2.05) is 7.05 Å². The number of likely N-dealkylation sites (tertiary alicyclic amines) is 1. The molecule has 0 amide bonds. The zero-order valence-corrected chi connectivity index (χ0v) is 12.4. The van der Waals surface area contributed by atoms with Crippen molar-refractivity contribution in [2.45, 2.75) is 31.8 Å². The lowest BCUT2D eigenvalue weighted by Crippen LogP contribution is -2.44. The minimum atomic E-state index is -0.349. The molecule has 1 unspecified atom stereocenters. The molecule has 2 rings (SSSR count). The van der Waals surface area contributed by atoms with Crippen LogP contribution >= 0.6 is 11.6 Å². The van der Waals surface area contributed by atoms with Gasteiger partial charge in [0, 0.05) is 25.2 Å². The van der Waals surface area contributed by atoms with Crippen LogP contribution in [0.1, 0.15) is 24.8 Å². The molecule has 6 heteroatoms. The summed E-state index contributed by atoms with van der Waals surface area (Å²) < 4.78 is 0.